The fourth-order valence-electron chi connectivity index (χ4n) is 2.64. The molecule has 0 aliphatic rings. The standard InChI is InChI=1S/C19H17N5O4/c1-12-5-3-7-15(9-12)23-19(26)17(13(2)22-23)11-20-21-18(25)14-6-4-8-16(10-14)24(27)28/h3-11,22H,1-2H3,(H,21,25)/b20-11-. The van der Waals surface area contributed by atoms with Gasteiger partial charge in [-0.25, -0.2) is 10.1 Å². The van der Waals surface area contributed by atoms with Crippen molar-refractivity contribution in [2.75, 3.05) is 0 Å². The highest BCUT2D eigenvalue weighted by Gasteiger charge is 2.12. The molecule has 2 N–H and O–H groups in total. The minimum Gasteiger partial charge on any atom is -0.295 e. The second-order valence-electron chi connectivity index (χ2n) is 6.14. The molecular formula is C19H17N5O4. The van der Waals surface area contributed by atoms with E-state index in [0.717, 1.165) is 11.6 Å². The number of hydrazone groups is 1. The van der Waals surface area contributed by atoms with Crippen LogP contribution < -0.4 is 11.0 Å². The molecule has 9 heteroatoms. The predicted octanol–water partition coefficient (Wildman–Crippen LogP) is 2.45. The third-order valence-corrected chi connectivity index (χ3v) is 4.06. The second-order valence-corrected chi connectivity index (χ2v) is 6.14. The molecule has 0 aliphatic carbocycles. The maximum atomic E-state index is 12.6. The Hall–Kier alpha value is -4.01. The molecule has 0 spiro atoms. The number of nitrogens with one attached hydrogen (secondary N) is 2. The highest BCUT2D eigenvalue weighted by Crippen LogP contribution is 2.13. The Bertz CT molecular complexity index is 1140. The van der Waals surface area contributed by atoms with Gasteiger partial charge in [0.1, 0.15) is 0 Å². The third kappa shape index (κ3) is 3.88. The van der Waals surface area contributed by atoms with Gasteiger partial charge in [-0.15, -0.1) is 0 Å². The zero-order valence-corrected chi connectivity index (χ0v) is 15.2. The summed E-state index contributed by atoms with van der Waals surface area (Å²) in [5.74, 6) is -0.618. The number of nitro groups is 1. The zero-order valence-electron chi connectivity index (χ0n) is 15.2. The first-order valence-electron chi connectivity index (χ1n) is 8.33. The molecule has 0 bridgehead atoms. The molecule has 1 heterocycles. The summed E-state index contributed by atoms with van der Waals surface area (Å²) in [6, 6.07) is 12.7. The number of aromatic amines is 1. The van der Waals surface area contributed by atoms with Gasteiger partial charge in [-0.05, 0) is 37.6 Å². The van der Waals surface area contributed by atoms with E-state index in [4.69, 9.17) is 0 Å². The highest BCUT2D eigenvalue weighted by molar-refractivity contribution is 5.95. The van der Waals surface area contributed by atoms with Crippen LogP contribution in [0.4, 0.5) is 5.69 Å². The lowest BCUT2D eigenvalue weighted by Gasteiger charge is -2.02. The fraction of sp³-hybridized carbons (Fsp3) is 0.105. The zero-order chi connectivity index (χ0) is 20.3. The number of hydrogen-bond donors (Lipinski definition) is 2. The summed E-state index contributed by atoms with van der Waals surface area (Å²) in [6.45, 7) is 3.65. The maximum absolute atomic E-state index is 12.6. The highest BCUT2D eigenvalue weighted by atomic mass is 16.6. The summed E-state index contributed by atoms with van der Waals surface area (Å²) >= 11 is 0. The molecule has 0 aliphatic heterocycles. The summed E-state index contributed by atoms with van der Waals surface area (Å²) in [4.78, 5) is 34.9. The molecule has 9 nitrogen and oxygen atoms in total. The molecule has 0 unspecified atom stereocenters. The first-order chi connectivity index (χ1) is 13.4. The van der Waals surface area contributed by atoms with E-state index in [-0.39, 0.29) is 16.8 Å². The SMILES string of the molecule is Cc1cccc(-n2[nH]c(C)c(/C=N\NC(=O)c3cccc([N+](=O)[O-])c3)c2=O)c1. The number of carbonyl (C=O) groups excluding carboxylic acids is 1. The monoisotopic (exact) mass is 379 g/mol. The lowest BCUT2D eigenvalue weighted by Crippen LogP contribution is -2.20. The number of aromatic nitrogens is 2. The van der Waals surface area contributed by atoms with Gasteiger partial charge in [0.2, 0.25) is 0 Å². The van der Waals surface area contributed by atoms with Crippen LogP contribution in [-0.4, -0.2) is 26.8 Å². The van der Waals surface area contributed by atoms with Crippen molar-refractivity contribution in [3.05, 3.63) is 91.4 Å². The molecule has 0 radical (unpaired) electrons. The van der Waals surface area contributed by atoms with Crippen molar-refractivity contribution in [3.63, 3.8) is 0 Å². The number of nitro benzene ring substituents is 1. The maximum Gasteiger partial charge on any atom is 0.280 e. The summed E-state index contributed by atoms with van der Waals surface area (Å²) in [7, 11) is 0. The van der Waals surface area contributed by atoms with Crippen molar-refractivity contribution in [2.24, 2.45) is 5.10 Å². The van der Waals surface area contributed by atoms with E-state index in [1.165, 1.54) is 29.1 Å². The number of H-pyrrole nitrogens is 1. The fourth-order valence-corrected chi connectivity index (χ4v) is 2.64. The van der Waals surface area contributed by atoms with Crippen LogP contribution in [-0.2, 0) is 0 Å². The quantitative estimate of drug-likeness (QED) is 0.401. The molecule has 3 rings (SSSR count). The first kappa shape index (κ1) is 18.8. The van der Waals surface area contributed by atoms with Gasteiger partial charge in [-0.2, -0.15) is 5.10 Å². The second kappa shape index (κ2) is 7.70. The molecule has 1 aromatic heterocycles. The topological polar surface area (TPSA) is 122 Å². The average molecular weight is 379 g/mol. The lowest BCUT2D eigenvalue weighted by molar-refractivity contribution is -0.384. The van der Waals surface area contributed by atoms with Crippen molar-refractivity contribution >= 4 is 17.8 Å². The van der Waals surface area contributed by atoms with Crippen LogP contribution >= 0.6 is 0 Å². The smallest absolute Gasteiger partial charge is 0.280 e. The van der Waals surface area contributed by atoms with E-state index in [1.807, 2.05) is 25.1 Å². The summed E-state index contributed by atoms with van der Waals surface area (Å²) < 4.78 is 1.39. The Morgan fingerprint density at radius 3 is 2.68 bits per heavy atom. The number of carbonyl (C=O) groups is 1. The Morgan fingerprint density at radius 1 is 1.21 bits per heavy atom. The Morgan fingerprint density at radius 2 is 1.96 bits per heavy atom. The Balaban J connectivity index is 1.80. The van der Waals surface area contributed by atoms with E-state index < -0.39 is 10.8 Å². The van der Waals surface area contributed by atoms with Crippen LogP contribution in [0.15, 0.2) is 58.4 Å². The van der Waals surface area contributed by atoms with Gasteiger partial charge in [0.05, 0.1) is 22.4 Å². The summed E-state index contributed by atoms with van der Waals surface area (Å²) in [5.41, 5.74) is 4.43. The van der Waals surface area contributed by atoms with Crippen molar-refractivity contribution in [1.29, 1.82) is 0 Å². The van der Waals surface area contributed by atoms with Crippen LogP contribution in [0.3, 0.4) is 0 Å². The number of amides is 1. The van der Waals surface area contributed by atoms with Crippen molar-refractivity contribution in [2.45, 2.75) is 13.8 Å². The number of hydrogen-bond acceptors (Lipinski definition) is 5. The van der Waals surface area contributed by atoms with Gasteiger partial charge in [-0.3, -0.25) is 24.8 Å². The predicted molar refractivity (Wildman–Crippen MR) is 104 cm³/mol. The normalized spacial score (nSPS) is 10.9. The summed E-state index contributed by atoms with van der Waals surface area (Å²) in [6.07, 6.45) is 1.25. The number of aryl methyl sites for hydroxylation is 2. The van der Waals surface area contributed by atoms with E-state index in [2.05, 4.69) is 15.6 Å². The molecule has 0 saturated heterocycles. The van der Waals surface area contributed by atoms with Gasteiger partial charge in [-0.1, -0.05) is 18.2 Å². The van der Waals surface area contributed by atoms with Gasteiger partial charge in [0.15, 0.2) is 0 Å². The molecule has 0 saturated carbocycles. The molecule has 3 aromatic rings. The van der Waals surface area contributed by atoms with Crippen molar-refractivity contribution < 1.29 is 9.72 Å². The van der Waals surface area contributed by atoms with E-state index in [1.54, 1.807) is 13.0 Å². The third-order valence-electron chi connectivity index (χ3n) is 4.06. The minimum atomic E-state index is -0.618. The number of nitrogens with zero attached hydrogens (tertiary/aromatic N) is 3. The average Bonchev–Trinajstić information content (AvgIpc) is 2.96. The minimum absolute atomic E-state index is 0.0920. The molecule has 2 aromatic carbocycles. The van der Waals surface area contributed by atoms with Gasteiger partial charge in [0, 0.05) is 23.4 Å². The van der Waals surface area contributed by atoms with Crippen LogP contribution in [0.5, 0.6) is 0 Å². The van der Waals surface area contributed by atoms with Gasteiger partial charge < -0.3 is 0 Å². The molecule has 0 fully saturated rings. The van der Waals surface area contributed by atoms with Crippen LogP contribution in [0.2, 0.25) is 0 Å². The van der Waals surface area contributed by atoms with E-state index in [9.17, 15) is 19.7 Å². The molecule has 0 atom stereocenters. The van der Waals surface area contributed by atoms with Crippen LogP contribution in [0.25, 0.3) is 5.69 Å². The Labute approximate surface area is 159 Å². The number of rotatable bonds is 5. The first-order valence-corrected chi connectivity index (χ1v) is 8.33. The van der Waals surface area contributed by atoms with E-state index >= 15 is 0 Å². The molecule has 142 valence electrons. The molecular weight excluding hydrogens is 362 g/mol. The largest absolute Gasteiger partial charge is 0.295 e. The van der Waals surface area contributed by atoms with Crippen LogP contribution in [0, 0.1) is 24.0 Å². The van der Waals surface area contributed by atoms with E-state index in [0.29, 0.717) is 16.9 Å². The molecule has 28 heavy (non-hydrogen) atoms. The van der Waals surface area contributed by atoms with Gasteiger partial charge >= 0.3 is 0 Å². The van der Waals surface area contributed by atoms with Crippen LogP contribution in [0.1, 0.15) is 27.2 Å². The van der Waals surface area contributed by atoms with Gasteiger partial charge in [0.25, 0.3) is 17.2 Å². The summed E-state index contributed by atoms with van der Waals surface area (Å²) in [5, 5.41) is 17.6. The molecule has 1 amide bonds. The lowest BCUT2D eigenvalue weighted by atomic mass is 10.2. The van der Waals surface area contributed by atoms with Crippen molar-refractivity contribution in [1.82, 2.24) is 15.2 Å². The van der Waals surface area contributed by atoms with Crippen molar-refractivity contribution in [3.8, 4) is 5.69 Å². The Kier molecular flexibility index (Phi) is 5.16. The number of non-ortho nitro benzene ring substituents is 1. The number of benzene rings is 2.